The molecule has 1 fully saturated rings. The topological polar surface area (TPSA) is 69.2 Å². The number of nitrogens with zero attached hydrogens (tertiary/aromatic N) is 3. The number of methoxy groups -OCH3 is 1. The molecule has 9 heteroatoms. The number of anilines is 1. The number of hydrogen-bond acceptors (Lipinski definition) is 6. The molecule has 1 atom stereocenters. The molecule has 2 heterocycles. The second-order valence-corrected chi connectivity index (χ2v) is 7.63. The number of aromatic nitrogens is 3. The Morgan fingerprint density at radius 3 is 2.61 bits per heavy atom. The average molecular weight is 432 g/mol. The van der Waals surface area contributed by atoms with E-state index >= 15 is 0 Å². The molecule has 1 aromatic heterocycles. The van der Waals surface area contributed by atoms with Crippen LogP contribution < -0.4 is 10.1 Å². The monoisotopic (exact) mass is 432 g/mol. The summed E-state index contributed by atoms with van der Waals surface area (Å²) in [6, 6.07) is 8.66. The molecule has 2 aromatic carbocycles. The summed E-state index contributed by atoms with van der Waals surface area (Å²) in [6.45, 7) is 3.17. The van der Waals surface area contributed by atoms with Gasteiger partial charge in [0, 0.05) is 24.7 Å². The van der Waals surface area contributed by atoms with Crippen molar-refractivity contribution < 1.29 is 22.6 Å². The van der Waals surface area contributed by atoms with Gasteiger partial charge in [-0.05, 0) is 60.2 Å². The maximum absolute atomic E-state index is 13.1. The second kappa shape index (κ2) is 8.66. The summed E-state index contributed by atoms with van der Waals surface area (Å²) in [5, 5.41) is 16.0. The smallest absolute Gasteiger partial charge is 0.416 e. The standard InChI is InChI=1S/C22H23F3N4O2/c1-13(15-4-3-5-16(10-15)22(23,24)25)26-21-18-11-17(14-6-8-31-9-7-14)20(30-2)12-19(18)27-29-28-21/h3-5,10-14H,6-9H2,1-2H3,(H,26,27,28)/t13-/m1/s1. The Morgan fingerprint density at radius 2 is 1.90 bits per heavy atom. The molecule has 0 radical (unpaired) electrons. The van der Waals surface area contributed by atoms with Gasteiger partial charge in [-0.2, -0.15) is 13.2 Å². The van der Waals surface area contributed by atoms with Gasteiger partial charge in [0.05, 0.1) is 18.7 Å². The summed E-state index contributed by atoms with van der Waals surface area (Å²) >= 11 is 0. The molecule has 1 saturated heterocycles. The lowest BCUT2D eigenvalue weighted by molar-refractivity contribution is -0.137. The lowest BCUT2D eigenvalue weighted by atomic mass is 9.90. The first-order valence-electron chi connectivity index (χ1n) is 10.1. The number of hydrogen-bond donors (Lipinski definition) is 1. The third-order valence-corrected chi connectivity index (χ3v) is 5.63. The van der Waals surface area contributed by atoms with Crippen LogP contribution in [0.5, 0.6) is 5.75 Å². The minimum absolute atomic E-state index is 0.287. The number of halogens is 3. The zero-order valence-corrected chi connectivity index (χ0v) is 17.2. The molecule has 31 heavy (non-hydrogen) atoms. The van der Waals surface area contributed by atoms with Gasteiger partial charge in [-0.1, -0.05) is 12.1 Å². The Bertz CT molecular complexity index is 1070. The highest BCUT2D eigenvalue weighted by Crippen LogP contribution is 2.38. The molecule has 0 aliphatic carbocycles. The Labute approximate surface area is 177 Å². The number of fused-ring (bicyclic) bond motifs is 1. The van der Waals surface area contributed by atoms with Crippen LogP contribution in [0.2, 0.25) is 0 Å². The van der Waals surface area contributed by atoms with Crippen LogP contribution in [0.25, 0.3) is 10.9 Å². The van der Waals surface area contributed by atoms with Gasteiger partial charge in [-0.3, -0.25) is 0 Å². The van der Waals surface area contributed by atoms with Crippen molar-refractivity contribution in [3.8, 4) is 5.75 Å². The molecule has 6 nitrogen and oxygen atoms in total. The third-order valence-electron chi connectivity index (χ3n) is 5.63. The first kappa shape index (κ1) is 21.3. The highest BCUT2D eigenvalue weighted by atomic mass is 19.4. The van der Waals surface area contributed by atoms with E-state index in [1.807, 2.05) is 12.1 Å². The normalized spacial score (nSPS) is 16.3. The van der Waals surface area contributed by atoms with Crippen LogP contribution in [0.1, 0.15) is 48.4 Å². The molecule has 1 N–H and O–H groups in total. The highest BCUT2D eigenvalue weighted by Gasteiger charge is 2.30. The average Bonchev–Trinajstić information content (AvgIpc) is 2.78. The van der Waals surface area contributed by atoms with Crippen molar-refractivity contribution in [2.24, 2.45) is 0 Å². The van der Waals surface area contributed by atoms with Gasteiger partial charge in [0.15, 0.2) is 5.82 Å². The molecule has 0 unspecified atom stereocenters. The van der Waals surface area contributed by atoms with Crippen LogP contribution in [0.15, 0.2) is 36.4 Å². The quantitative estimate of drug-likeness (QED) is 0.604. The van der Waals surface area contributed by atoms with Crippen molar-refractivity contribution in [1.82, 2.24) is 15.4 Å². The van der Waals surface area contributed by atoms with E-state index in [0.29, 0.717) is 30.1 Å². The van der Waals surface area contributed by atoms with Crippen molar-refractivity contribution in [3.05, 3.63) is 53.1 Å². The van der Waals surface area contributed by atoms with E-state index in [9.17, 15) is 13.2 Å². The molecule has 0 saturated carbocycles. The van der Waals surface area contributed by atoms with Crippen LogP contribution in [0.3, 0.4) is 0 Å². The maximum Gasteiger partial charge on any atom is 0.416 e. The fraction of sp³-hybridized carbons (Fsp3) is 0.409. The molecule has 164 valence electrons. The van der Waals surface area contributed by atoms with E-state index in [2.05, 4.69) is 20.7 Å². The van der Waals surface area contributed by atoms with E-state index in [0.717, 1.165) is 41.7 Å². The lowest BCUT2D eigenvalue weighted by Gasteiger charge is -2.24. The van der Waals surface area contributed by atoms with E-state index in [-0.39, 0.29) is 5.92 Å². The van der Waals surface area contributed by atoms with Crippen molar-refractivity contribution in [2.75, 3.05) is 25.6 Å². The van der Waals surface area contributed by atoms with Crippen LogP contribution in [0, 0.1) is 0 Å². The minimum atomic E-state index is -4.39. The lowest BCUT2D eigenvalue weighted by Crippen LogP contribution is -2.15. The van der Waals surface area contributed by atoms with Gasteiger partial charge >= 0.3 is 6.18 Å². The molecular weight excluding hydrogens is 409 g/mol. The Kier molecular flexibility index (Phi) is 5.95. The molecule has 0 bridgehead atoms. The van der Waals surface area contributed by atoms with Crippen molar-refractivity contribution in [2.45, 2.75) is 37.9 Å². The summed E-state index contributed by atoms with van der Waals surface area (Å²) in [5.41, 5.74) is 1.46. The number of alkyl halides is 3. The Morgan fingerprint density at radius 1 is 1.13 bits per heavy atom. The summed E-state index contributed by atoms with van der Waals surface area (Å²) in [6.07, 6.45) is -2.62. The van der Waals surface area contributed by atoms with Gasteiger partial charge in [-0.15, -0.1) is 10.2 Å². The number of benzene rings is 2. The Balaban J connectivity index is 1.69. The first-order valence-corrected chi connectivity index (χ1v) is 10.1. The maximum atomic E-state index is 13.1. The van der Waals surface area contributed by atoms with Gasteiger partial charge in [-0.25, -0.2) is 0 Å². The third kappa shape index (κ3) is 4.56. The molecule has 3 aromatic rings. The Hall–Kier alpha value is -2.94. The molecular formula is C22H23F3N4O2. The summed E-state index contributed by atoms with van der Waals surface area (Å²) in [7, 11) is 1.62. The predicted molar refractivity (Wildman–Crippen MR) is 110 cm³/mol. The van der Waals surface area contributed by atoms with Crippen LogP contribution in [-0.2, 0) is 10.9 Å². The SMILES string of the molecule is COc1cc2nnnc(N[C@H](C)c3cccc(C(F)(F)F)c3)c2cc1C1CCOCC1. The van der Waals surface area contributed by atoms with Gasteiger partial charge in [0.1, 0.15) is 11.3 Å². The van der Waals surface area contributed by atoms with E-state index < -0.39 is 17.8 Å². The van der Waals surface area contributed by atoms with E-state index in [1.54, 1.807) is 20.1 Å². The molecule has 4 rings (SSSR count). The van der Waals surface area contributed by atoms with Crippen LogP contribution in [0.4, 0.5) is 19.0 Å². The van der Waals surface area contributed by atoms with Crippen LogP contribution >= 0.6 is 0 Å². The summed E-state index contributed by atoms with van der Waals surface area (Å²) < 4.78 is 50.3. The fourth-order valence-electron chi connectivity index (χ4n) is 3.91. The van der Waals surface area contributed by atoms with Gasteiger partial charge in [0.2, 0.25) is 0 Å². The molecule has 1 aliphatic heterocycles. The number of rotatable bonds is 5. The van der Waals surface area contributed by atoms with Gasteiger partial charge in [0.25, 0.3) is 0 Å². The zero-order chi connectivity index (χ0) is 22.0. The summed E-state index contributed by atoms with van der Waals surface area (Å²) in [5.74, 6) is 1.48. The van der Waals surface area contributed by atoms with Crippen molar-refractivity contribution in [1.29, 1.82) is 0 Å². The largest absolute Gasteiger partial charge is 0.496 e. The first-order chi connectivity index (χ1) is 14.9. The number of nitrogens with one attached hydrogen (secondary N) is 1. The predicted octanol–water partition coefficient (Wildman–Crippen LogP) is 5.12. The van der Waals surface area contributed by atoms with Gasteiger partial charge < -0.3 is 14.8 Å². The molecule has 1 aliphatic rings. The van der Waals surface area contributed by atoms with Crippen molar-refractivity contribution >= 4 is 16.7 Å². The van der Waals surface area contributed by atoms with E-state index in [1.165, 1.54) is 6.07 Å². The minimum Gasteiger partial charge on any atom is -0.496 e. The summed E-state index contributed by atoms with van der Waals surface area (Å²) in [4.78, 5) is 0. The second-order valence-electron chi connectivity index (χ2n) is 7.63. The zero-order valence-electron chi connectivity index (χ0n) is 17.2. The molecule has 0 spiro atoms. The number of ether oxygens (including phenoxy) is 2. The van der Waals surface area contributed by atoms with Crippen LogP contribution in [-0.4, -0.2) is 35.7 Å². The molecule has 0 amide bonds. The fourth-order valence-corrected chi connectivity index (χ4v) is 3.91. The van der Waals surface area contributed by atoms with Crippen molar-refractivity contribution in [3.63, 3.8) is 0 Å². The van der Waals surface area contributed by atoms with E-state index in [4.69, 9.17) is 9.47 Å². The highest BCUT2D eigenvalue weighted by molar-refractivity contribution is 5.90.